The topological polar surface area (TPSA) is 70.2 Å². The first-order chi connectivity index (χ1) is 9.19. The summed E-state index contributed by atoms with van der Waals surface area (Å²) in [5, 5.41) is 9.72. The van der Waals surface area contributed by atoms with Gasteiger partial charge < -0.3 is 16.0 Å². The molecule has 0 saturated heterocycles. The van der Waals surface area contributed by atoms with E-state index < -0.39 is 0 Å². The third kappa shape index (κ3) is 3.56. The van der Waals surface area contributed by atoms with E-state index >= 15 is 0 Å². The Balaban J connectivity index is 2.07. The predicted octanol–water partition coefficient (Wildman–Crippen LogP) is 2.75. The fourth-order valence-corrected chi connectivity index (χ4v) is 2.09. The molecule has 2 aromatic rings. The van der Waals surface area contributed by atoms with Crippen molar-refractivity contribution in [2.75, 3.05) is 17.7 Å². The number of thiophene rings is 1. The Morgan fingerprint density at radius 1 is 1.05 bits per heavy atom. The highest BCUT2D eigenvalue weighted by atomic mass is 32.1. The average molecular weight is 275 g/mol. The monoisotopic (exact) mass is 275 g/mol. The molecule has 2 rings (SSSR count). The van der Waals surface area contributed by atoms with Crippen LogP contribution in [0, 0.1) is 0 Å². The van der Waals surface area contributed by atoms with Gasteiger partial charge in [-0.15, -0.1) is 11.3 Å². The van der Waals surface area contributed by atoms with Crippen molar-refractivity contribution in [1.82, 2.24) is 5.32 Å². The van der Waals surface area contributed by atoms with E-state index in [-0.39, 0.29) is 11.9 Å². The molecule has 3 N–H and O–H groups in total. The SMILES string of the molecule is CNC(=O)Nc1cccc(NC(=O)c2cccs2)c1. The Bertz CT molecular complexity index is 581. The van der Waals surface area contributed by atoms with E-state index in [1.54, 1.807) is 30.3 Å². The third-order valence-electron chi connectivity index (χ3n) is 2.35. The molecule has 0 saturated carbocycles. The number of urea groups is 1. The zero-order chi connectivity index (χ0) is 13.7. The number of benzene rings is 1. The lowest BCUT2D eigenvalue weighted by molar-refractivity contribution is 0.103. The van der Waals surface area contributed by atoms with E-state index in [0.29, 0.717) is 16.3 Å². The van der Waals surface area contributed by atoms with Gasteiger partial charge in [0.2, 0.25) is 0 Å². The van der Waals surface area contributed by atoms with Crippen molar-refractivity contribution in [1.29, 1.82) is 0 Å². The number of hydrogen-bond acceptors (Lipinski definition) is 3. The van der Waals surface area contributed by atoms with E-state index in [9.17, 15) is 9.59 Å². The van der Waals surface area contributed by atoms with Crippen LogP contribution in [-0.4, -0.2) is 19.0 Å². The number of amides is 3. The largest absolute Gasteiger partial charge is 0.341 e. The Kier molecular flexibility index (Phi) is 4.15. The van der Waals surface area contributed by atoms with Crippen LogP contribution in [0.25, 0.3) is 0 Å². The fourth-order valence-electron chi connectivity index (χ4n) is 1.47. The molecule has 0 spiro atoms. The van der Waals surface area contributed by atoms with Crippen molar-refractivity contribution in [3.63, 3.8) is 0 Å². The molecule has 0 aliphatic heterocycles. The minimum atomic E-state index is -0.304. The van der Waals surface area contributed by atoms with Gasteiger partial charge in [0, 0.05) is 18.4 Å². The Hall–Kier alpha value is -2.34. The third-order valence-corrected chi connectivity index (χ3v) is 3.22. The van der Waals surface area contributed by atoms with E-state index in [0.717, 1.165) is 0 Å². The maximum Gasteiger partial charge on any atom is 0.318 e. The minimum absolute atomic E-state index is 0.160. The van der Waals surface area contributed by atoms with Crippen molar-refractivity contribution >= 4 is 34.6 Å². The van der Waals surface area contributed by atoms with Gasteiger partial charge in [0.05, 0.1) is 4.88 Å². The molecule has 0 aliphatic carbocycles. The summed E-state index contributed by atoms with van der Waals surface area (Å²) in [6, 6.07) is 10.2. The second-order valence-corrected chi connectivity index (χ2v) is 4.66. The van der Waals surface area contributed by atoms with E-state index in [4.69, 9.17) is 0 Å². The molecule has 0 fully saturated rings. The number of carbonyl (C=O) groups is 2. The van der Waals surface area contributed by atoms with Crippen molar-refractivity contribution in [3.8, 4) is 0 Å². The molecule has 1 aromatic carbocycles. The lowest BCUT2D eigenvalue weighted by Crippen LogP contribution is -2.24. The van der Waals surface area contributed by atoms with Crippen LogP contribution in [0.5, 0.6) is 0 Å². The second-order valence-electron chi connectivity index (χ2n) is 3.72. The van der Waals surface area contributed by atoms with E-state index in [1.165, 1.54) is 18.4 Å². The van der Waals surface area contributed by atoms with Gasteiger partial charge in [-0.2, -0.15) is 0 Å². The fraction of sp³-hybridized carbons (Fsp3) is 0.0769. The molecule has 98 valence electrons. The van der Waals surface area contributed by atoms with E-state index in [2.05, 4.69) is 16.0 Å². The minimum Gasteiger partial charge on any atom is -0.341 e. The summed E-state index contributed by atoms with van der Waals surface area (Å²) in [6.07, 6.45) is 0. The van der Waals surface area contributed by atoms with Gasteiger partial charge in [0.15, 0.2) is 0 Å². The average Bonchev–Trinajstić information content (AvgIpc) is 2.93. The molecule has 1 heterocycles. The Morgan fingerprint density at radius 2 is 1.79 bits per heavy atom. The second kappa shape index (κ2) is 6.01. The highest BCUT2D eigenvalue weighted by Gasteiger charge is 2.07. The lowest BCUT2D eigenvalue weighted by atomic mass is 10.2. The van der Waals surface area contributed by atoms with Gasteiger partial charge in [0.1, 0.15) is 0 Å². The zero-order valence-corrected chi connectivity index (χ0v) is 11.1. The van der Waals surface area contributed by atoms with Gasteiger partial charge in [0.25, 0.3) is 5.91 Å². The first-order valence-corrected chi connectivity index (χ1v) is 6.50. The molecule has 5 nitrogen and oxygen atoms in total. The summed E-state index contributed by atoms with van der Waals surface area (Å²) in [5.74, 6) is -0.160. The summed E-state index contributed by atoms with van der Waals surface area (Å²) in [6.45, 7) is 0. The van der Waals surface area contributed by atoms with Crippen LogP contribution in [0.3, 0.4) is 0 Å². The van der Waals surface area contributed by atoms with Gasteiger partial charge in [-0.25, -0.2) is 4.79 Å². The van der Waals surface area contributed by atoms with Crippen LogP contribution >= 0.6 is 11.3 Å². The van der Waals surface area contributed by atoms with Crippen molar-refractivity contribution in [3.05, 3.63) is 46.7 Å². The summed E-state index contributed by atoms with van der Waals surface area (Å²) in [5.41, 5.74) is 1.25. The van der Waals surface area contributed by atoms with Gasteiger partial charge >= 0.3 is 6.03 Å². The smallest absolute Gasteiger partial charge is 0.318 e. The molecule has 6 heteroatoms. The van der Waals surface area contributed by atoms with Crippen molar-refractivity contribution in [2.45, 2.75) is 0 Å². The molecule has 0 bridgehead atoms. The van der Waals surface area contributed by atoms with Crippen LogP contribution in [0.15, 0.2) is 41.8 Å². The van der Waals surface area contributed by atoms with Gasteiger partial charge in [-0.05, 0) is 29.6 Å². The molecule has 19 heavy (non-hydrogen) atoms. The predicted molar refractivity (Wildman–Crippen MR) is 76.8 cm³/mol. The molecule has 0 aliphatic rings. The maximum atomic E-state index is 11.9. The Labute approximate surface area is 114 Å². The molecule has 3 amide bonds. The van der Waals surface area contributed by atoms with Gasteiger partial charge in [-0.1, -0.05) is 12.1 Å². The summed E-state index contributed by atoms with van der Waals surface area (Å²) < 4.78 is 0. The molecular weight excluding hydrogens is 262 g/mol. The number of carbonyl (C=O) groups excluding carboxylic acids is 2. The number of rotatable bonds is 3. The van der Waals surface area contributed by atoms with Gasteiger partial charge in [-0.3, -0.25) is 4.79 Å². The molecule has 1 aromatic heterocycles. The highest BCUT2D eigenvalue weighted by Crippen LogP contribution is 2.17. The molecule has 0 radical (unpaired) electrons. The summed E-state index contributed by atoms with van der Waals surface area (Å²) >= 11 is 1.38. The number of hydrogen-bond donors (Lipinski definition) is 3. The Morgan fingerprint density at radius 3 is 2.42 bits per heavy atom. The van der Waals surface area contributed by atoms with E-state index in [1.807, 2.05) is 11.4 Å². The normalized spacial score (nSPS) is 9.74. The summed E-state index contributed by atoms with van der Waals surface area (Å²) in [7, 11) is 1.54. The number of anilines is 2. The first-order valence-electron chi connectivity index (χ1n) is 5.62. The molecule has 0 unspecified atom stereocenters. The zero-order valence-electron chi connectivity index (χ0n) is 10.3. The van der Waals surface area contributed by atoms with Crippen LogP contribution < -0.4 is 16.0 Å². The quantitative estimate of drug-likeness (QED) is 0.806. The van der Waals surface area contributed by atoms with Crippen LogP contribution in [-0.2, 0) is 0 Å². The first kappa shape index (κ1) is 13.1. The molecule has 0 atom stereocenters. The van der Waals surface area contributed by atoms with Crippen LogP contribution in [0.2, 0.25) is 0 Å². The van der Waals surface area contributed by atoms with Crippen LogP contribution in [0.1, 0.15) is 9.67 Å². The maximum absolute atomic E-state index is 11.9. The van der Waals surface area contributed by atoms with Crippen molar-refractivity contribution < 1.29 is 9.59 Å². The van der Waals surface area contributed by atoms with Crippen LogP contribution in [0.4, 0.5) is 16.2 Å². The lowest BCUT2D eigenvalue weighted by Gasteiger charge is -2.07. The standard InChI is InChI=1S/C13H13N3O2S/c1-14-13(18)16-10-5-2-4-9(8-10)15-12(17)11-6-3-7-19-11/h2-8H,1H3,(H,15,17)(H2,14,16,18). The summed E-state index contributed by atoms with van der Waals surface area (Å²) in [4.78, 5) is 23.7. The molecular formula is C13H13N3O2S. The number of nitrogens with one attached hydrogen (secondary N) is 3. The van der Waals surface area contributed by atoms with Crippen molar-refractivity contribution in [2.24, 2.45) is 0 Å². The highest BCUT2D eigenvalue weighted by molar-refractivity contribution is 7.12.